The van der Waals surface area contributed by atoms with Crippen LogP contribution in [-0.4, -0.2) is 26.2 Å². The monoisotopic (exact) mass is 308 g/mol. The van der Waals surface area contributed by atoms with Gasteiger partial charge in [-0.25, -0.2) is 13.1 Å². The lowest BCUT2D eigenvalue weighted by molar-refractivity contribution is 0.265. The SMILES string of the molecule is CC(CO)NS(=O)(=O)c1ccc(N)cc1Br. The lowest BCUT2D eigenvalue weighted by Gasteiger charge is -2.12. The van der Waals surface area contributed by atoms with Gasteiger partial charge in [0.15, 0.2) is 0 Å². The molecular formula is C9H13BrN2O3S. The molecule has 0 aliphatic carbocycles. The second kappa shape index (κ2) is 5.13. The molecule has 0 aromatic heterocycles. The van der Waals surface area contributed by atoms with Crippen LogP contribution in [0.5, 0.6) is 0 Å². The van der Waals surface area contributed by atoms with Crippen LogP contribution in [0.3, 0.4) is 0 Å². The number of nitrogens with two attached hydrogens (primary N) is 1. The number of nitrogen functional groups attached to an aromatic ring is 1. The normalized spacial score (nSPS) is 13.7. The van der Waals surface area contributed by atoms with Gasteiger partial charge >= 0.3 is 0 Å². The maximum absolute atomic E-state index is 11.8. The second-order valence-electron chi connectivity index (χ2n) is 3.39. The number of rotatable bonds is 4. The van der Waals surface area contributed by atoms with Crippen LogP contribution in [0.2, 0.25) is 0 Å². The van der Waals surface area contributed by atoms with Crippen molar-refractivity contribution in [1.82, 2.24) is 4.72 Å². The standard InChI is InChI=1S/C9H13BrN2O3S/c1-6(5-13)12-16(14,15)9-3-2-7(11)4-8(9)10/h2-4,6,12-13H,5,11H2,1H3. The number of anilines is 1. The lowest BCUT2D eigenvalue weighted by atomic mass is 10.3. The summed E-state index contributed by atoms with van der Waals surface area (Å²) in [5.41, 5.74) is 5.99. The third kappa shape index (κ3) is 3.18. The van der Waals surface area contributed by atoms with E-state index in [-0.39, 0.29) is 11.5 Å². The molecule has 0 spiro atoms. The van der Waals surface area contributed by atoms with Gasteiger partial charge in [-0.05, 0) is 41.1 Å². The van der Waals surface area contributed by atoms with Crippen molar-refractivity contribution in [2.75, 3.05) is 12.3 Å². The van der Waals surface area contributed by atoms with E-state index in [2.05, 4.69) is 20.7 Å². The maximum Gasteiger partial charge on any atom is 0.242 e. The lowest BCUT2D eigenvalue weighted by Crippen LogP contribution is -2.35. The van der Waals surface area contributed by atoms with E-state index in [0.29, 0.717) is 10.2 Å². The Hall–Kier alpha value is -0.630. The highest BCUT2D eigenvalue weighted by molar-refractivity contribution is 9.10. The first-order chi connectivity index (χ1) is 7.36. The van der Waals surface area contributed by atoms with Gasteiger partial charge in [-0.15, -0.1) is 0 Å². The van der Waals surface area contributed by atoms with Crippen molar-refractivity contribution in [3.05, 3.63) is 22.7 Å². The van der Waals surface area contributed by atoms with Crippen LogP contribution < -0.4 is 10.5 Å². The van der Waals surface area contributed by atoms with Crippen LogP contribution in [0.15, 0.2) is 27.6 Å². The summed E-state index contributed by atoms with van der Waals surface area (Å²) in [5.74, 6) is 0. The molecule has 0 amide bonds. The molecular weight excluding hydrogens is 296 g/mol. The zero-order valence-corrected chi connectivity index (χ0v) is 11.0. The summed E-state index contributed by atoms with van der Waals surface area (Å²) in [5, 5.41) is 8.80. The zero-order valence-electron chi connectivity index (χ0n) is 8.64. The average Bonchev–Trinajstić information content (AvgIpc) is 2.16. The average molecular weight is 309 g/mol. The Morgan fingerprint density at radius 3 is 2.69 bits per heavy atom. The third-order valence-corrected chi connectivity index (χ3v) is 4.44. The molecule has 1 rings (SSSR count). The first-order valence-electron chi connectivity index (χ1n) is 4.55. The van der Waals surface area contributed by atoms with Gasteiger partial charge < -0.3 is 10.8 Å². The topological polar surface area (TPSA) is 92.4 Å². The van der Waals surface area contributed by atoms with Crippen LogP contribution >= 0.6 is 15.9 Å². The van der Waals surface area contributed by atoms with Gasteiger partial charge in [0.2, 0.25) is 10.0 Å². The van der Waals surface area contributed by atoms with Gasteiger partial charge in [-0.3, -0.25) is 0 Å². The Morgan fingerprint density at radius 2 is 2.19 bits per heavy atom. The van der Waals surface area contributed by atoms with Crippen LogP contribution in [-0.2, 0) is 10.0 Å². The maximum atomic E-state index is 11.8. The van der Waals surface area contributed by atoms with E-state index in [0.717, 1.165) is 0 Å². The highest BCUT2D eigenvalue weighted by atomic mass is 79.9. The van der Waals surface area contributed by atoms with Crippen LogP contribution in [0, 0.1) is 0 Å². The number of hydrogen-bond acceptors (Lipinski definition) is 4. The molecule has 1 atom stereocenters. The molecule has 0 aliphatic rings. The fourth-order valence-corrected chi connectivity index (χ4v) is 3.43. The van der Waals surface area contributed by atoms with Gasteiger partial charge in [0.1, 0.15) is 0 Å². The van der Waals surface area contributed by atoms with E-state index in [1.807, 2.05) is 0 Å². The number of sulfonamides is 1. The Kier molecular flexibility index (Phi) is 4.31. The zero-order chi connectivity index (χ0) is 12.3. The minimum atomic E-state index is -3.63. The Morgan fingerprint density at radius 1 is 1.56 bits per heavy atom. The molecule has 7 heteroatoms. The van der Waals surface area contributed by atoms with E-state index in [1.165, 1.54) is 18.2 Å². The number of benzene rings is 1. The first-order valence-corrected chi connectivity index (χ1v) is 6.82. The molecule has 0 saturated heterocycles. The molecule has 1 aromatic carbocycles. The van der Waals surface area contributed by atoms with Crippen molar-refractivity contribution in [3.8, 4) is 0 Å². The largest absolute Gasteiger partial charge is 0.399 e. The molecule has 0 bridgehead atoms. The van der Waals surface area contributed by atoms with Crippen molar-refractivity contribution in [3.63, 3.8) is 0 Å². The molecule has 0 heterocycles. The van der Waals surface area contributed by atoms with E-state index in [1.54, 1.807) is 6.92 Å². The molecule has 0 radical (unpaired) electrons. The third-order valence-electron chi connectivity index (χ3n) is 1.88. The van der Waals surface area contributed by atoms with Crippen LogP contribution in [0.1, 0.15) is 6.92 Å². The van der Waals surface area contributed by atoms with Gasteiger partial charge in [-0.2, -0.15) is 0 Å². The van der Waals surface area contributed by atoms with Crippen LogP contribution in [0.4, 0.5) is 5.69 Å². The smallest absolute Gasteiger partial charge is 0.242 e. The number of aliphatic hydroxyl groups is 1. The van der Waals surface area contributed by atoms with E-state index in [4.69, 9.17) is 10.8 Å². The summed E-state index contributed by atoms with van der Waals surface area (Å²) in [7, 11) is -3.63. The molecule has 0 saturated carbocycles. The molecule has 0 fully saturated rings. The number of hydrogen-bond donors (Lipinski definition) is 3. The minimum Gasteiger partial charge on any atom is -0.399 e. The van der Waals surface area contributed by atoms with Gasteiger partial charge in [0.25, 0.3) is 0 Å². The number of halogens is 1. The molecule has 1 aromatic rings. The quantitative estimate of drug-likeness (QED) is 0.714. The van der Waals surface area contributed by atoms with Crippen molar-refractivity contribution >= 4 is 31.6 Å². The number of aliphatic hydroxyl groups excluding tert-OH is 1. The predicted molar refractivity (Wildman–Crippen MR) is 65.4 cm³/mol. The first kappa shape index (κ1) is 13.4. The highest BCUT2D eigenvalue weighted by Gasteiger charge is 2.19. The molecule has 1 unspecified atom stereocenters. The van der Waals surface area contributed by atoms with Crippen molar-refractivity contribution in [2.45, 2.75) is 17.9 Å². The van der Waals surface area contributed by atoms with Crippen molar-refractivity contribution in [2.24, 2.45) is 0 Å². The fraction of sp³-hybridized carbons (Fsp3) is 0.333. The van der Waals surface area contributed by atoms with E-state index < -0.39 is 16.1 Å². The summed E-state index contributed by atoms with van der Waals surface area (Å²) in [6.45, 7) is 1.31. The van der Waals surface area contributed by atoms with Gasteiger partial charge in [0.05, 0.1) is 11.5 Å². The van der Waals surface area contributed by atoms with Crippen molar-refractivity contribution in [1.29, 1.82) is 0 Å². The summed E-state index contributed by atoms with van der Waals surface area (Å²) in [6, 6.07) is 3.89. The summed E-state index contributed by atoms with van der Waals surface area (Å²) in [4.78, 5) is 0.0991. The van der Waals surface area contributed by atoms with Gasteiger partial charge in [-0.1, -0.05) is 0 Å². The van der Waals surface area contributed by atoms with Gasteiger partial charge in [0, 0.05) is 16.2 Å². The summed E-state index contributed by atoms with van der Waals surface area (Å²) < 4.78 is 26.4. The minimum absolute atomic E-state index is 0.0991. The second-order valence-corrected chi connectivity index (χ2v) is 5.93. The van der Waals surface area contributed by atoms with Crippen molar-refractivity contribution < 1.29 is 13.5 Å². The molecule has 0 aliphatic heterocycles. The highest BCUT2D eigenvalue weighted by Crippen LogP contribution is 2.24. The Balaban J connectivity index is 3.08. The van der Waals surface area contributed by atoms with E-state index >= 15 is 0 Å². The summed E-state index contributed by atoms with van der Waals surface area (Å²) >= 11 is 3.13. The molecule has 5 nitrogen and oxygen atoms in total. The summed E-state index contributed by atoms with van der Waals surface area (Å²) in [6.07, 6.45) is 0. The Labute approximate surface area is 103 Å². The molecule has 4 N–H and O–H groups in total. The fourth-order valence-electron chi connectivity index (χ4n) is 1.10. The number of nitrogens with one attached hydrogen (secondary N) is 1. The molecule has 16 heavy (non-hydrogen) atoms. The van der Waals surface area contributed by atoms with Crippen LogP contribution in [0.25, 0.3) is 0 Å². The predicted octanol–water partition coefficient (Wildman–Crippen LogP) is 0.690. The van der Waals surface area contributed by atoms with E-state index in [9.17, 15) is 8.42 Å². The molecule has 90 valence electrons. The Bertz CT molecular complexity index is 476.